The number of Topliss-reactive ketones (excluding diaryl/α,β-unsaturated/α-hetero) is 1. The van der Waals surface area contributed by atoms with Crippen molar-refractivity contribution in [3.05, 3.63) is 109 Å². The van der Waals surface area contributed by atoms with Crippen LogP contribution in [-0.2, 0) is 9.59 Å². The number of carbonyl (C=O) groups is 5. The van der Waals surface area contributed by atoms with Gasteiger partial charge in [0.2, 0.25) is 0 Å². The van der Waals surface area contributed by atoms with Gasteiger partial charge in [-0.1, -0.05) is 73.9 Å². The second kappa shape index (κ2) is 12.2. The number of amides is 3. The predicted molar refractivity (Wildman–Crippen MR) is 182 cm³/mol. The first kappa shape index (κ1) is 34.5. The van der Waals surface area contributed by atoms with E-state index in [0.717, 1.165) is 4.47 Å². The molecule has 0 spiro atoms. The highest BCUT2D eigenvalue weighted by molar-refractivity contribution is 9.10. The molecule has 2 bridgehead atoms. The predicted octanol–water partition coefficient (Wildman–Crippen LogP) is 8.01. The van der Waals surface area contributed by atoms with Crippen LogP contribution in [0.3, 0.4) is 0 Å². The zero-order chi connectivity index (χ0) is 34.2. The van der Waals surface area contributed by atoms with Gasteiger partial charge in [0.05, 0.1) is 27.5 Å². The standard InChI is InChI=1S/C31H16BrCl7N2O6/c32-17-7-1-16(2-8-17)28(46)47-19-11-5-14(6-12-19)20(42)13-40(25(43)15-3-9-18(33)10-4-15)41-26(44)21-22(27(41)45)30(37)24(35)23(34)29(21,36)31(30,38)39/h1-12,21-22H,13H2/t21-,22-,29-,30-/m1/s1. The molecule has 1 heterocycles. The summed E-state index contributed by atoms with van der Waals surface area (Å²) in [7, 11) is 0. The number of fused-ring (bicyclic) bond motifs is 5. The van der Waals surface area contributed by atoms with E-state index in [4.69, 9.17) is 85.9 Å². The smallest absolute Gasteiger partial charge is 0.343 e. The summed E-state index contributed by atoms with van der Waals surface area (Å²) < 4.78 is 3.98. The molecule has 0 radical (unpaired) electrons. The van der Waals surface area contributed by atoms with Gasteiger partial charge in [-0.2, -0.15) is 5.01 Å². The van der Waals surface area contributed by atoms with E-state index in [1.54, 1.807) is 24.3 Å². The van der Waals surface area contributed by atoms with Gasteiger partial charge in [-0.15, -0.1) is 23.2 Å². The van der Waals surface area contributed by atoms with Crippen molar-refractivity contribution in [1.82, 2.24) is 10.0 Å². The van der Waals surface area contributed by atoms with E-state index in [-0.39, 0.29) is 26.9 Å². The van der Waals surface area contributed by atoms with Crippen molar-refractivity contribution in [3.63, 3.8) is 0 Å². The maximum Gasteiger partial charge on any atom is 0.343 e. The van der Waals surface area contributed by atoms with Crippen LogP contribution in [0.1, 0.15) is 31.1 Å². The molecule has 4 atom stereocenters. The number of ether oxygens (including phenoxy) is 1. The van der Waals surface area contributed by atoms with Crippen LogP contribution >= 0.6 is 97.1 Å². The van der Waals surface area contributed by atoms with E-state index in [2.05, 4.69) is 15.9 Å². The lowest BCUT2D eigenvalue weighted by Crippen LogP contribution is -2.56. The van der Waals surface area contributed by atoms with E-state index >= 15 is 0 Å². The summed E-state index contributed by atoms with van der Waals surface area (Å²) in [5.41, 5.74) is 0.369. The fraction of sp³-hybridized carbons (Fsp3) is 0.194. The number of esters is 1. The Kier molecular flexibility index (Phi) is 8.97. The van der Waals surface area contributed by atoms with E-state index in [1.165, 1.54) is 48.5 Å². The third-order valence-corrected chi connectivity index (χ3v) is 13.3. The van der Waals surface area contributed by atoms with Crippen LogP contribution in [0.4, 0.5) is 0 Å². The number of alkyl halides is 4. The molecule has 3 aromatic carbocycles. The highest BCUT2D eigenvalue weighted by Crippen LogP contribution is 2.77. The first-order valence-corrected chi connectivity index (χ1v) is 16.9. The van der Waals surface area contributed by atoms with Crippen molar-refractivity contribution < 1.29 is 28.7 Å². The first-order valence-electron chi connectivity index (χ1n) is 13.4. The van der Waals surface area contributed by atoms with Crippen LogP contribution in [0, 0.1) is 11.8 Å². The van der Waals surface area contributed by atoms with Gasteiger partial charge in [-0.25, -0.2) is 9.80 Å². The Hall–Kier alpha value is -2.34. The SMILES string of the molecule is O=C(CN(C(=O)c1ccc(Cl)cc1)N1C(=O)[C@H]2[C@H](C1=O)[C@@]1(Cl)C(Cl)=C(Cl)[C@@]2(Cl)C1(Cl)Cl)c1ccc(OC(=O)c2ccc(Br)cc2)cc1. The summed E-state index contributed by atoms with van der Waals surface area (Å²) in [6, 6.07) is 17.6. The summed E-state index contributed by atoms with van der Waals surface area (Å²) in [6.45, 7) is -0.789. The average Bonchev–Trinajstić information content (AvgIpc) is 3.43. The van der Waals surface area contributed by atoms with Crippen molar-refractivity contribution in [3.8, 4) is 5.75 Å². The molecule has 2 aliphatic carbocycles. The van der Waals surface area contributed by atoms with Crippen molar-refractivity contribution in [2.45, 2.75) is 14.1 Å². The quantitative estimate of drug-likeness (QED) is 0.0787. The largest absolute Gasteiger partial charge is 0.423 e. The molecule has 1 aliphatic heterocycles. The average molecular weight is 841 g/mol. The van der Waals surface area contributed by atoms with Gasteiger partial charge in [0.1, 0.15) is 22.0 Å². The number of ketones is 1. The van der Waals surface area contributed by atoms with Gasteiger partial charge in [0, 0.05) is 20.6 Å². The molecule has 242 valence electrons. The molecular weight excluding hydrogens is 824 g/mol. The molecule has 2 fully saturated rings. The molecule has 47 heavy (non-hydrogen) atoms. The number of nitrogens with zero attached hydrogens (tertiary/aromatic N) is 2. The Morgan fingerprint density at radius 1 is 0.723 bits per heavy atom. The Balaban J connectivity index is 1.30. The van der Waals surface area contributed by atoms with E-state index in [0.29, 0.717) is 20.6 Å². The van der Waals surface area contributed by atoms with Crippen LogP contribution in [0.2, 0.25) is 5.02 Å². The number of hydrazine groups is 1. The highest BCUT2D eigenvalue weighted by atomic mass is 79.9. The number of hydrogen-bond acceptors (Lipinski definition) is 6. The lowest BCUT2D eigenvalue weighted by atomic mass is 9.84. The fourth-order valence-corrected chi connectivity index (χ4v) is 9.20. The number of benzene rings is 3. The minimum atomic E-state index is -2.19. The summed E-state index contributed by atoms with van der Waals surface area (Å²) >= 11 is 48.9. The zero-order valence-corrected chi connectivity index (χ0v) is 30.0. The van der Waals surface area contributed by atoms with Crippen LogP contribution in [0.15, 0.2) is 87.3 Å². The molecule has 16 heteroatoms. The van der Waals surface area contributed by atoms with Crippen LogP contribution in [-0.4, -0.2) is 60.1 Å². The Bertz CT molecular complexity index is 1860. The zero-order valence-electron chi connectivity index (χ0n) is 23.2. The van der Waals surface area contributed by atoms with Crippen molar-refractivity contribution in [2.75, 3.05) is 6.54 Å². The fourth-order valence-electron chi connectivity index (χ4n) is 5.88. The van der Waals surface area contributed by atoms with Crippen molar-refractivity contribution in [1.29, 1.82) is 0 Å². The van der Waals surface area contributed by atoms with Crippen molar-refractivity contribution >= 4 is 127 Å². The number of rotatable bonds is 7. The third-order valence-electron chi connectivity index (χ3n) is 8.21. The van der Waals surface area contributed by atoms with Crippen LogP contribution < -0.4 is 4.74 Å². The molecule has 6 rings (SSSR count). The van der Waals surface area contributed by atoms with Gasteiger partial charge < -0.3 is 4.74 Å². The van der Waals surface area contributed by atoms with Crippen LogP contribution in [0.5, 0.6) is 5.75 Å². The number of halogens is 8. The molecular formula is C31H16BrCl7N2O6. The maximum absolute atomic E-state index is 14.0. The highest BCUT2D eigenvalue weighted by Gasteiger charge is 2.88. The van der Waals surface area contributed by atoms with E-state index < -0.39 is 61.9 Å². The normalized spacial score (nSPS) is 25.7. The maximum atomic E-state index is 14.0. The molecule has 3 aliphatic rings. The molecule has 0 aromatic heterocycles. The summed E-state index contributed by atoms with van der Waals surface area (Å²) in [5, 5.41) is 0.890. The topological polar surface area (TPSA) is 101 Å². The van der Waals surface area contributed by atoms with Gasteiger partial charge in [0.15, 0.2) is 10.1 Å². The minimum absolute atomic E-state index is 0.00238. The van der Waals surface area contributed by atoms with Gasteiger partial charge in [-0.05, 0) is 72.8 Å². The Morgan fingerprint density at radius 3 is 1.70 bits per heavy atom. The van der Waals surface area contributed by atoms with Gasteiger partial charge in [0.25, 0.3) is 17.7 Å². The molecule has 0 unspecified atom stereocenters. The molecule has 1 saturated carbocycles. The number of imide groups is 1. The summed E-state index contributed by atoms with van der Waals surface area (Å²) in [6.07, 6.45) is 0. The van der Waals surface area contributed by atoms with E-state index in [1.807, 2.05) is 0 Å². The third kappa shape index (κ3) is 5.12. The first-order chi connectivity index (χ1) is 22.0. The molecule has 8 nitrogen and oxygen atoms in total. The van der Waals surface area contributed by atoms with E-state index in [9.17, 15) is 24.0 Å². The second-order valence-corrected chi connectivity index (χ2v) is 15.4. The molecule has 3 aromatic rings. The lowest BCUT2D eigenvalue weighted by molar-refractivity contribution is -0.154. The Labute approximate surface area is 310 Å². The molecule has 1 saturated heterocycles. The van der Waals surface area contributed by atoms with Gasteiger partial charge in [-0.3, -0.25) is 19.2 Å². The number of carbonyl (C=O) groups excluding carboxylic acids is 5. The summed E-state index contributed by atoms with van der Waals surface area (Å²) in [4.78, 5) is 63.9. The molecule has 0 N–H and O–H groups in total. The van der Waals surface area contributed by atoms with Gasteiger partial charge >= 0.3 is 5.97 Å². The lowest BCUT2D eigenvalue weighted by Gasteiger charge is -2.36. The number of allylic oxidation sites excluding steroid dienone is 2. The molecule has 3 amide bonds. The summed E-state index contributed by atoms with van der Waals surface area (Å²) in [5.74, 6) is -7.16. The minimum Gasteiger partial charge on any atom is -0.423 e. The Morgan fingerprint density at radius 2 is 1.19 bits per heavy atom. The van der Waals surface area contributed by atoms with Crippen LogP contribution in [0.25, 0.3) is 0 Å². The number of hydrogen-bond donors (Lipinski definition) is 0. The monoisotopic (exact) mass is 836 g/mol. The second-order valence-electron chi connectivity index (χ2n) is 10.8. The van der Waals surface area contributed by atoms with Crippen molar-refractivity contribution in [2.24, 2.45) is 11.8 Å².